The molecule has 3 heterocycles. The normalized spacial score (nSPS) is 14.6. The van der Waals surface area contributed by atoms with Crippen molar-refractivity contribution in [3.05, 3.63) is 78.8 Å². The van der Waals surface area contributed by atoms with Gasteiger partial charge < -0.3 is 9.32 Å². The first-order valence-electron chi connectivity index (χ1n) is 10.4. The van der Waals surface area contributed by atoms with E-state index in [9.17, 15) is 9.59 Å². The molecule has 1 aliphatic rings. The summed E-state index contributed by atoms with van der Waals surface area (Å²) >= 11 is 0. The van der Waals surface area contributed by atoms with Gasteiger partial charge >= 0.3 is 0 Å². The summed E-state index contributed by atoms with van der Waals surface area (Å²) in [6.07, 6.45) is 4.17. The number of nitrogens with one attached hydrogen (secondary N) is 1. The van der Waals surface area contributed by atoms with Crippen molar-refractivity contribution in [3.8, 4) is 5.69 Å². The minimum Gasteiger partial charge on any atom is -0.472 e. The fraction of sp³-hybridized carbons (Fsp3) is 0.208. The summed E-state index contributed by atoms with van der Waals surface area (Å²) in [5, 5.41) is 3.03. The predicted molar refractivity (Wildman–Crippen MR) is 117 cm³/mol. The first-order chi connectivity index (χ1) is 15.2. The number of amides is 2. The number of piperidine rings is 1. The van der Waals surface area contributed by atoms with Crippen molar-refractivity contribution >= 4 is 28.8 Å². The van der Waals surface area contributed by atoms with E-state index in [4.69, 9.17) is 4.42 Å². The van der Waals surface area contributed by atoms with E-state index in [1.54, 1.807) is 11.0 Å². The molecular formula is C24H22N4O3. The topological polar surface area (TPSA) is 80.4 Å². The molecule has 4 aromatic rings. The second-order valence-electron chi connectivity index (χ2n) is 7.66. The van der Waals surface area contributed by atoms with Crippen LogP contribution in [0, 0.1) is 5.92 Å². The molecule has 1 aliphatic heterocycles. The van der Waals surface area contributed by atoms with Gasteiger partial charge in [-0.05, 0) is 43.2 Å². The molecule has 0 aliphatic carbocycles. The van der Waals surface area contributed by atoms with Gasteiger partial charge in [-0.25, -0.2) is 4.98 Å². The number of aromatic nitrogens is 2. The van der Waals surface area contributed by atoms with Gasteiger partial charge in [0.05, 0.1) is 22.9 Å². The van der Waals surface area contributed by atoms with E-state index in [0.717, 1.165) is 16.7 Å². The smallest absolute Gasteiger partial charge is 0.257 e. The zero-order chi connectivity index (χ0) is 21.2. The lowest BCUT2D eigenvalue weighted by atomic mass is 9.95. The lowest BCUT2D eigenvalue weighted by molar-refractivity contribution is -0.121. The lowest BCUT2D eigenvalue weighted by Crippen LogP contribution is -2.41. The molecule has 2 amide bonds. The molecular weight excluding hydrogens is 392 g/mol. The summed E-state index contributed by atoms with van der Waals surface area (Å²) in [5.41, 5.74) is 3.23. The molecule has 156 valence electrons. The summed E-state index contributed by atoms with van der Waals surface area (Å²) in [6, 6.07) is 19.3. The molecule has 31 heavy (non-hydrogen) atoms. The van der Waals surface area contributed by atoms with E-state index >= 15 is 0 Å². The van der Waals surface area contributed by atoms with Crippen molar-refractivity contribution in [2.45, 2.75) is 12.8 Å². The number of para-hydroxylation sites is 3. The third-order valence-corrected chi connectivity index (χ3v) is 5.73. The van der Waals surface area contributed by atoms with Crippen LogP contribution in [0.15, 0.2) is 77.6 Å². The maximum atomic E-state index is 13.1. The Morgan fingerprint density at radius 1 is 0.968 bits per heavy atom. The van der Waals surface area contributed by atoms with Crippen molar-refractivity contribution in [1.29, 1.82) is 0 Å². The zero-order valence-corrected chi connectivity index (χ0v) is 16.9. The SMILES string of the molecule is O=C(Nc1nc2ccccc2n1-c1ccccc1)C1CCN(C(=O)c2ccoc2)CC1. The van der Waals surface area contributed by atoms with Crippen LogP contribution in [0.4, 0.5) is 5.95 Å². The highest BCUT2D eigenvalue weighted by Gasteiger charge is 2.29. The average molecular weight is 414 g/mol. The van der Waals surface area contributed by atoms with Crippen molar-refractivity contribution < 1.29 is 14.0 Å². The van der Waals surface area contributed by atoms with Gasteiger partial charge in [0.15, 0.2) is 0 Å². The van der Waals surface area contributed by atoms with Crippen molar-refractivity contribution in [3.63, 3.8) is 0 Å². The van der Waals surface area contributed by atoms with Gasteiger partial charge in [-0.15, -0.1) is 0 Å². The van der Waals surface area contributed by atoms with Crippen LogP contribution in [-0.4, -0.2) is 39.4 Å². The summed E-state index contributed by atoms with van der Waals surface area (Å²) in [4.78, 5) is 32.0. The second kappa shape index (κ2) is 8.10. The molecule has 2 aromatic carbocycles. The Labute approximate surface area is 179 Å². The number of furan rings is 1. The number of fused-ring (bicyclic) bond motifs is 1. The highest BCUT2D eigenvalue weighted by molar-refractivity contribution is 5.95. The quantitative estimate of drug-likeness (QED) is 0.545. The van der Waals surface area contributed by atoms with Crippen LogP contribution in [0.1, 0.15) is 23.2 Å². The Morgan fingerprint density at radius 3 is 2.45 bits per heavy atom. The number of likely N-dealkylation sites (tertiary alicyclic amines) is 1. The van der Waals surface area contributed by atoms with Crippen LogP contribution < -0.4 is 5.32 Å². The summed E-state index contributed by atoms with van der Waals surface area (Å²) in [7, 11) is 0. The summed E-state index contributed by atoms with van der Waals surface area (Å²) < 4.78 is 6.97. The van der Waals surface area contributed by atoms with E-state index < -0.39 is 0 Å². The number of carbonyl (C=O) groups is 2. The first-order valence-corrected chi connectivity index (χ1v) is 10.4. The lowest BCUT2D eigenvalue weighted by Gasteiger charge is -2.31. The number of hydrogen-bond acceptors (Lipinski definition) is 4. The van der Waals surface area contributed by atoms with Crippen LogP contribution in [0.2, 0.25) is 0 Å². The van der Waals surface area contributed by atoms with Gasteiger partial charge in [-0.1, -0.05) is 30.3 Å². The molecule has 7 heteroatoms. The van der Waals surface area contributed by atoms with Crippen LogP contribution >= 0.6 is 0 Å². The fourth-order valence-electron chi connectivity index (χ4n) is 4.07. The molecule has 0 radical (unpaired) electrons. The number of hydrogen-bond donors (Lipinski definition) is 1. The summed E-state index contributed by atoms with van der Waals surface area (Å²) in [5.74, 6) is 0.216. The largest absolute Gasteiger partial charge is 0.472 e. The van der Waals surface area contributed by atoms with Gasteiger partial charge in [0.2, 0.25) is 11.9 Å². The first kappa shape index (κ1) is 19.1. The highest BCUT2D eigenvalue weighted by Crippen LogP contribution is 2.26. The van der Waals surface area contributed by atoms with Crippen molar-refractivity contribution in [1.82, 2.24) is 14.5 Å². The van der Waals surface area contributed by atoms with Crippen LogP contribution in [0.5, 0.6) is 0 Å². The van der Waals surface area contributed by atoms with Gasteiger partial charge in [0.1, 0.15) is 6.26 Å². The molecule has 7 nitrogen and oxygen atoms in total. The molecule has 0 atom stereocenters. The highest BCUT2D eigenvalue weighted by atomic mass is 16.3. The second-order valence-corrected chi connectivity index (χ2v) is 7.66. The van der Waals surface area contributed by atoms with Crippen LogP contribution in [0.25, 0.3) is 16.7 Å². The number of carbonyl (C=O) groups excluding carboxylic acids is 2. The van der Waals surface area contributed by atoms with E-state index in [0.29, 0.717) is 37.4 Å². The fourth-order valence-corrected chi connectivity index (χ4v) is 4.07. The van der Waals surface area contributed by atoms with Gasteiger partial charge in [-0.2, -0.15) is 0 Å². The Balaban J connectivity index is 1.33. The number of rotatable bonds is 4. The van der Waals surface area contributed by atoms with Gasteiger partial charge in [0, 0.05) is 24.7 Å². The molecule has 1 N–H and O–H groups in total. The van der Waals surface area contributed by atoms with Crippen LogP contribution in [-0.2, 0) is 4.79 Å². The molecule has 2 aromatic heterocycles. The van der Waals surface area contributed by atoms with E-state index in [1.165, 1.54) is 12.5 Å². The Bertz CT molecular complexity index is 1210. The van der Waals surface area contributed by atoms with Gasteiger partial charge in [0.25, 0.3) is 5.91 Å². The monoisotopic (exact) mass is 414 g/mol. The Morgan fingerprint density at radius 2 is 1.71 bits per heavy atom. The molecule has 0 unspecified atom stereocenters. The number of nitrogens with zero attached hydrogens (tertiary/aromatic N) is 3. The van der Waals surface area contributed by atoms with Crippen molar-refractivity contribution in [2.24, 2.45) is 5.92 Å². The maximum Gasteiger partial charge on any atom is 0.257 e. The third kappa shape index (κ3) is 3.70. The summed E-state index contributed by atoms with van der Waals surface area (Å²) in [6.45, 7) is 1.08. The third-order valence-electron chi connectivity index (χ3n) is 5.73. The van der Waals surface area contributed by atoms with E-state index in [2.05, 4.69) is 10.3 Å². The standard InChI is InChI=1S/C24H22N4O3/c29-22(17-10-13-27(14-11-17)23(30)18-12-15-31-16-18)26-24-25-20-8-4-5-9-21(20)28(24)19-6-2-1-3-7-19/h1-9,12,15-17H,10-11,13-14H2,(H,25,26,29). The molecule has 1 saturated heterocycles. The molecule has 0 saturated carbocycles. The molecule has 5 rings (SSSR count). The number of benzene rings is 2. The van der Waals surface area contributed by atoms with E-state index in [1.807, 2.05) is 59.2 Å². The predicted octanol–water partition coefficient (Wildman–Crippen LogP) is 4.11. The van der Waals surface area contributed by atoms with Crippen LogP contribution in [0.3, 0.4) is 0 Å². The number of imidazole rings is 1. The van der Waals surface area contributed by atoms with Crippen molar-refractivity contribution in [2.75, 3.05) is 18.4 Å². The maximum absolute atomic E-state index is 13.1. The minimum absolute atomic E-state index is 0.0570. The average Bonchev–Trinajstić information content (AvgIpc) is 3.47. The molecule has 0 bridgehead atoms. The Kier molecular flexibility index (Phi) is 5.00. The van der Waals surface area contributed by atoms with E-state index in [-0.39, 0.29) is 17.7 Å². The minimum atomic E-state index is -0.169. The molecule has 0 spiro atoms. The Hall–Kier alpha value is -3.87. The zero-order valence-electron chi connectivity index (χ0n) is 16.9. The van der Waals surface area contributed by atoms with Gasteiger partial charge in [-0.3, -0.25) is 19.5 Å². The molecule has 1 fully saturated rings. The number of anilines is 1.